The van der Waals surface area contributed by atoms with Crippen molar-refractivity contribution >= 4 is 6.03 Å². The number of rotatable bonds is 6. The van der Waals surface area contributed by atoms with E-state index in [4.69, 9.17) is 0 Å². The topological polar surface area (TPSA) is 35.6 Å². The summed E-state index contributed by atoms with van der Waals surface area (Å²) < 4.78 is 26.3. The highest BCUT2D eigenvalue weighted by molar-refractivity contribution is 5.74. The summed E-state index contributed by atoms with van der Waals surface area (Å²) >= 11 is 0. The number of amides is 2. The van der Waals surface area contributed by atoms with Gasteiger partial charge in [0.05, 0.1) is 0 Å². The van der Waals surface area contributed by atoms with Crippen LogP contribution in [-0.2, 0) is 0 Å². The van der Waals surface area contributed by atoms with Crippen LogP contribution in [0.5, 0.6) is 0 Å². The molecule has 1 aliphatic rings. The number of likely N-dealkylation sites (tertiary alicyclic amines) is 1. The van der Waals surface area contributed by atoms with E-state index >= 15 is 0 Å². The first-order valence-corrected chi connectivity index (χ1v) is 8.57. The molecule has 24 heavy (non-hydrogen) atoms. The largest absolute Gasteiger partial charge is 0.337 e. The van der Waals surface area contributed by atoms with Gasteiger partial charge in [0, 0.05) is 26.2 Å². The Balaban J connectivity index is 1.79. The summed E-state index contributed by atoms with van der Waals surface area (Å²) in [4.78, 5) is 16.4. The molecular weight excluding hydrogens is 312 g/mol. The van der Waals surface area contributed by atoms with Crippen LogP contribution in [0, 0.1) is 17.6 Å². The van der Waals surface area contributed by atoms with Crippen molar-refractivity contribution in [1.82, 2.24) is 15.1 Å². The third kappa shape index (κ3) is 4.90. The van der Waals surface area contributed by atoms with Gasteiger partial charge in [-0.25, -0.2) is 13.6 Å². The van der Waals surface area contributed by atoms with Gasteiger partial charge < -0.3 is 15.1 Å². The summed E-state index contributed by atoms with van der Waals surface area (Å²) in [5, 5.41) is 2.90. The maximum absolute atomic E-state index is 13.3. The molecule has 1 aliphatic heterocycles. The normalized spacial score (nSPS) is 18.9. The van der Waals surface area contributed by atoms with Crippen LogP contribution in [0.1, 0.15) is 31.7 Å². The van der Waals surface area contributed by atoms with Crippen molar-refractivity contribution in [1.29, 1.82) is 0 Å². The lowest BCUT2D eigenvalue weighted by Crippen LogP contribution is -2.40. The summed E-state index contributed by atoms with van der Waals surface area (Å²) in [6, 6.07) is 3.80. The van der Waals surface area contributed by atoms with Crippen LogP contribution >= 0.6 is 0 Å². The number of nitrogens with one attached hydrogen (secondary N) is 1. The molecule has 1 aromatic carbocycles. The minimum atomic E-state index is -0.854. The monoisotopic (exact) mass is 339 g/mol. The minimum Gasteiger partial charge on any atom is -0.337 e. The first kappa shape index (κ1) is 18.6. The number of urea groups is 1. The Morgan fingerprint density at radius 1 is 1.42 bits per heavy atom. The van der Waals surface area contributed by atoms with E-state index in [1.807, 2.05) is 11.8 Å². The molecule has 0 radical (unpaired) electrons. The Morgan fingerprint density at radius 2 is 2.17 bits per heavy atom. The fourth-order valence-corrected chi connectivity index (χ4v) is 3.02. The third-order valence-corrected chi connectivity index (χ3v) is 4.75. The fourth-order valence-electron chi connectivity index (χ4n) is 3.02. The van der Waals surface area contributed by atoms with Gasteiger partial charge in [0.1, 0.15) is 0 Å². The zero-order chi connectivity index (χ0) is 17.7. The zero-order valence-corrected chi connectivity index (χ0v) is 14.7. The summed E-state index contributed by atoms with van der Waals surface area (Å²) in [6.07, 6.45) is 1.02. The predicted molar refractivity (Wildman–Crippen MR) is 91.0 cm³/mol. The first-order chi connectivity index (χ1) is 11.4. The van der Waals surface area contributed by atoms with E-state index in [1.165, 1.54) is 6.07 Å². The van der Waals surface area contributed by atoms with Crippen LogP contribution in [0.2, 0.25) is 0 Å². The van der Waals surface area contributed by atoms with Gasteiger partial charge in [0.2, 0.25) is 0 Å². The van der Waals surface area contributed by atoms with Gasteiger partial charge in [-0.05, 0) is 49.5 Å². The molecule has 134 valence electrons. The van der Waals surface area contributed by atoms with Crippen LogP contribution in [0.3, 0.4) is 0 Å². The molecule has 1 N–H and O–H groups in total. The summed E-state index contributed by atoms with van der Waals surface area (Å²) in [6.45, 7) is 7.97. The molecule has 0 aromatic heterocycles. The zero-order valence-electron chi connectivity index (χ0n) is 14.7. The van der Waals surface area contributed by atoms with Gasteiger partial charge in [0.15, 0.2) is 11.6 Å². The Bertz CT molecular complexity index is 567. The van der Waals surface area contributed by atoms with E-state index in [2.05, 4.69) is 24.2 Å². The van der Waals surface area contributed by atoms with Crippen molar-refractivity contribution in [3.63, 3.8) is 0 Å². The average Bonchev–Trinajstić information content (AvgIpc) is 3.03. The van der Waals surface area contributed by atoms with E-state index in [1.54, 1.807) is 6.07 Å². The van der Waals surface area contributed by atoms with Crippen molar-refractivity contribution in [3.8, 4) is 0 Å². The van der Waals surface area contributed by atoms with E-state index in [0.29, 0.717) is 18.0 Å². The highest BCUT2D eigenvalue weighted by atomic mass is 19.2. The van der Waals surface area contributed by atoms with Gasteiger partial charge in [-0.1, -0.05) is 19.9 Å². The lowest BCUT2D eigenvalue weighted by molar-refractivity contribution is 0.204. The summed E-state index contributed by atoms with van der Waals surface area (Å²) in [5.74, 6) is -1.26. The average molecular weight is 339 g/mol. The standard InChI is InChI=1S/C18H27F2N3O/c1-4-22(3)11-14-7-8-23(12-14)18(24)21-10-13(2)15-5-6-16(19)17(20)9-15/h5-6,9,13-14H,4,7-8,10-12H2,1-3H3,(H,21,24). The number of carbonyl (C=O) groups is 1. The molecule has 1 aromatic rings. The second-order valence-corrected chi connectivity index (χ2v) is 6.72. The molecule has 1 heterocycles. The molecule has 2 rings (SSSR count). The van der Waals surface area contributed by atoms with Gasteiger partial charge in [-0.15, -0.1) is 0 Å². The van der Waals surface area contributed by atoms with Crippen LogP contribution in [-0.4, -0.2) is 55.6 Å². The van der Waals surface area contributed by atoms with E-state index in [-0.39, 0.29) is 11.9 Å². The molecule has 4 nitrogen and oxygen atoms in total. The highest BCUT2D eigenvalue weighted by Gasteiger charge is 2.26. The number of nitrogens with zero attached hydrogens (tertiary/aromatic N) is 2. The molecule has 0 spiro atoms. The second kappa shape index (κ2) is 8.42. The number of benzene rings is 1. The number of carbonyl (C=O) groups excluding carboxylic acids is 1. The Hall–Kier alpha value is -1.69. The molecule has 6 heteroatoms. The molecule has 2 atom stereocenters. The molecule has 2 unspecified atom stereocenters. The Morgan fingerprint density at radius 3 is 2.83 bits per heavy atom. The van der Waals surface area contributed by atoms with Crippen molar-refractivity contribution in [2.24, 2.45) is 5.92 Å². The fraction of sp³-hybridized carbons (Fsp3) is 0.611. The van der Waals surface area contributed by atoms with Crippen molar-refractivity contribution in [2.75, 3.05) is 39.8 Å². The van der Waals surface area contributed by atoms with Crippen molar-refractivity contribution in [3.05, 3.63) is 35.4 Å². The third-order valence-electron chi connectivity index (χ3n) is 4.75. The molecular formula is C18H27F2N3O. The van der Waals surface area contributed by atoms with Crippen LogP contribution in [0.25, 0.3) is 0 Å². The van der Waals surface area contributed by atoms with Crippen LogP contribution < -0.4 is 5.32 Å². The molecule has 1 saturated heterocycles. The molecule has 2 amide bonds. The quantitative estimate of drug-likeness (QED) is 0.865. The summed E-state index contributed by atoms with van der Waals surface area (Å²) in [5.41, 5.74) is 0.679. The van der Waals surface area contributed by atoms with E-state index < -0.39 is 11.6 Å². The molecule has 0 bridgehead atoms. The maximum atomic E-state index is 13.3. The Labute approximate surface area is 142 Å². The van der Waals surface area contributed by atoms with Gasteiger partial charge in [-0.3, -0.25) is 0 Å². The lowest BCUT2D eigenvalue weighted by atomic mass is 10.0. The van der Waals surface area contributed by atoms with Crippen LogP contribution in [0.15, 0.2) is 18.2 Å². The molecule has 0 saturated carbocycles. The maximum Gasteiger partial charge on any atom is 0.317 e. The van der Waals surface area contributed by atoms with E-state index in [0.717, 1.165) is 38.7 Å². The van der Waals surface area contributed by atoms with Gasteiger partial charge in [-0.2, -0.15) is 0 Å². The lowest BCUT2D eigenvalue weighted by Gasteiger charge is -2.21. The van der Waals surface area contributed by atoms with E-state index in [9.17, 15) is 13.6 Å². The number of hydrogen-bond donors (Lipinski definition) is 1. The number of halogens is 2. The molecule has 1 fully saturated rings. The minimum absolute atomic E-state index is 0.0753. The van der Waals surface area contributed by atoms with Crippen LogP contribution in [0.4, 0.5) is 13.6 Å². The smallest absolute Gasteiger partial charge is 0.317 e. The predicted octanol–water partition coefficient (Wildman–Crippen LogP) is 3.05. The first-order valence-electron chi connectivity index (χ1n) is 8.57. The van der Waals surface area contributed by atoms with Crippen molar-refractivity contribution < 1.29 is 13.6 Å². The SMILES string of the molecule is CCN(C)CC1CCN(C(=O)NCC(C)c2ccc(F)c(F)c2)C1. The number of hydrogen-bond acceptors (Lipinski definition) is 2. The Kier molecular flexibility index (Phi) is 6.54. The molecule has 0 aliphatic carbocycles. The van der Waals surface area contributed by atoms with Gasteiger partial charge in [0.25, 0.3) is 0 Å². The van der Waals surface area contributed by atoms with Crippen molar-refractivity contribution in [2.45, 2.75) is 26.2 Å². The summed E-state index contributed by atoms with van der Waals surface area (Å²) in [7, 11) is 2.09. The van der Waals surface area contributed by atoms with Gasteiger partial charge >= 0.3 is 6.03 Å². The second-order valence-electron chi connectivity index (χ2n) is 6.72. The highest BCUT2D eigenvalue weighted by Crippen LogP contribution is 2.19.